The summed E-state index contributed by atoms with van der Waals surface area (Å²) in [6.07, 6.45) is -1.16. The van der Waals surface area contributed by atoms with Gasteiger partial charge < -0.3 is 20.0 Å². The van der Waals surface area contributed by atoms with Crippen LogP contribution in [0.1, 0.15) is 27.0 Å². The number of alkyl halides is 3. The molecule has 210 valence electrons. The Bertz CT molecular complexity index is 1330. The first-order valence-corrected chi connectivity index (χ1v) is 11.8. The summed E-state index contributed by atoms with van der Waals surface area (Å²) in [5, 5.41) is 17.5. The van der Waals surface area contributed by atoms with E-state index in [1.165, 1.54) is 7.11 Å². The Morgan fingerprint density at radius 3 is 2.05 bits per heavy atom. The van der Waals surface area contributed by atoms with Gasteiger partial charge in [-0.05, 0) is 41.8 Å². The molecule has 0 fully saturated rings. The van der Waals surface area contributed by atoms with E-state index in [2.05, 4.69) is 5.32 Å². The van der Waals surface area contributed by atoms with Gasteiger partial charge in [0.15, 0.2) is 0 Å². The minimum absolute atomic E-state index is 0.198. The molecule has 8 nitrogen and oxygen atoms in total. The molecule has 0 aliphatic heterocycles. The number of esters is 1. The predicted molar refractivity (Wildman–Crippen MR) is 140 cm³/mol. The van der Waals surface area contributed by atoms with E-state index in [9.17, 15) is 22.8 Å². The SMILES string of the molecule is COC(=O)[C@@H](Cc1cccc(C(N)=[NH2+])c1)[C@@H](/C=C/c1ccccc1)NC(=O)c1ccccc1.O=C([O-])C(F)(F)F. The number of ether oxygens (including phenoxy) is 1. The second-order valence-electron chi connectivity index (χ2n) is 8.41. The van der Waals surface area contributed by atoms with E-state index in [0.717, 1.165) is 11.1 Å². The average Bonchev–Trinajstić information content (AvgIpc) is 2.94. The highest BCUT2D eigenvalue weighted by Crippen LogP contribution is 2.19. The normalized spacial score (nSPS) is 12.4. The lowest BCUT2D eigenvalue weighted by atomic mass is 9.90. The van der Waals surface area contributed by atoms with Gasteiger partial charge in [0, 0.05) is 5.56 Å². The van der Waals surface area contributed by atoms with Crippen LogP contribution in [0.15, 0.2) is 91.0 Å². The van der Waals surface area contributed by atoms with Crippen molar-refractivity contribution in [1.82, 2.24) is 5.32 Å². The fourth-order valence-corrected chi connectivity index (χ4v) is 3.53. The van der Waals surface area contributed by atoms with Gasteiger partial charge in [-0.3, -0.25) is 20.7 Å². The summed E-state index contributed by atoms with van der Waals surface area (Å²) in [4.78, 5) is 34.6. The highest BCUT2D eigenvalue weighted by molar-refractivity contribution is 5.95. The highest BCUT2D eigenvalue weighted by Gasteiger charge is 2.30. The smallest absolute Gasteiger partial charge is 0.430 e. The fourth-order valence-electron chi connectivity index (χ4n) is 3.53. The summed E-state index contributed by atoms with van der Waals surface area (Å²) in [6.45, 7) is 0. The van der Waals surface area contributed by atoms with E-state index in [-0.39, 0.29) is 11.7 Å². The molecule has 3 aromatic carbocycles. The number of nitrogens with two attached hydrogens (primary N) is 2. The lowest BCUT2D eigenvalue weighted by Gasteiger charge is -2.24. The third-order valence-corrected chi connectivity index (χ3v) is 5.51. The minimum atomic E-state index is -5.19. The molecule has 0 spiro atoms. The first-order valence-electron chi connectivity index (χ1n) is 11.8. The molecule has 0 aliphatic carbocycles. The number of hydrogen-bond acceptors (Lipinski definition) is 5. The number of nitrogens with one attached hydrogen (secondary N) is 1. The van der Waals surface area contributed by atoms with E-state index < -0.39 is 30.1 Å². The molecule has 0 heterocycles. The molecule has 2 atom stereocenters. The van der Waals surface area contributed by atoms with Crippen molar-refractivity contribution in [2.75, 3.05) is 7.11 Å². The monoisotopic (exact) mass is 555 g/mol. The molecule has 0 saturated carbocycles. The number of carbonyl (C=O) groups excluding carboxylic acids is 3. The maximum absolute atomic E-state index is 12.9. The Morgan fingerprint density at radius 2 is 1.52 bits per heavy atom. The zero-order chi connectivity index (χ0) is 29.7. The molecule has 40 heavy (non-hydrogen) atoms. The fraction of sp³-hybridized carbons (Fsp3) is 0.172. The highest BCUT2D eigenvalue weighted by atomic mass is 19.4. The maximum Gasteiger partial charge on any atom is 0.430 e. The molecule has 1 amide bonds. The Kier molecular flexibility index (Phi) is 11.6. The molecule has 0 aliphatic rings. The topological polar surface area (TPSA) is 147 Å². The van der Waals surface area contributed by atoms with Gasteiger partial charge in [0.2, 0.25) is 0 Å². The third-order valence-electron chi connectivity index (χ3n) is 5.51. The zero-order valence-electron chi connectivity index (χ0n) is 21.4. The van der Waals surface area contributed by atoms with Gasteiger partial charge in [-0.25, -0.2) is 0 Å². The summed E-state index contributed by atoms with van der Waals surface area (Å²) in [5.74, 6) is -4.18. The molecule has 5 N–H and O–H groups in total. The van der Waals surface area contributed by atoms with Crippen molar-refractivity contribution in [3.05, 3.63) is 113 Å². The Hall–Kier alpha value is -4.93. The number of halogens is 3. The minimum Gasteiger partial charge on any atom is -0.542 e. The number of carbonyl (C=O) groups is 3. The van der Waals surface area contributed by atoms with Gasteiger partial charge in [0.05, 0.1) is 24.6 Å². The van der Waals surface area contributed by atoms with Gasteiger partial charge in [0.25, 0.3) is 11.7 Å². The van der Waals surface area contributed by atoms with Crippen LogP contribution in [-0.2, 0) is 20.7 Å². The number of methoxy groups -OCH3 is 1. The van der Waals surface area contributed by atoms with Crippen molar-refractivity contribution in [3.63, 3.8) is 0 Å². The second kappa shape index (κ2) is 14.9. The molecule has 0 unspecified atom stereocenters. The number of amidine groups is 1. The summed E-state index contributed by atoms with van der Waals surface area (Å²) in [6, 6.07) is 25.3. The largest absolute Gasteiger partial charge is 0.542 e. The number of carboxylic acid groups (broad SMARTS) is 1. The molecule has 0 saturated heterocycles. The number of hydrogen-bond donors (Lipinski definition) is 3. The first kappa shape index (κ1) is 31.3. The molecule has 0 aromatic heterocycles. The third kappa shape index (κ3) is 10.1. The van der Waals surface area contributed by atoms with Crippen LogP contribution >= 0.6 is 0 Å². The van der Waals surface area contributed by atoms with Crippen LogP contribution in [0.5, 0.6) is 0 Å². The first-order chi connectivity index (χ1) is 18.9. The molecule has 3 aromatic rings. The molecular weight excluding hydrogens is 527 g/mol. The zero-order valence-corrected chi connectivity index (χ0v) is 21.4. The van der Waals surface area contributed by atoms with Crippen molar-refractivity contribution in [1.29, 1.82) is 0 Å². The van der Waals surface area contributed by atoms with E-state index in [0.29, 0.717) is 17.5 Å². The van der Waals surface area contributed by atoms with Crippen molar-refractivity contribution in [3.8, 4) is 0 Å². The van der Waals surface area contributed by atoms with Gasteiger partial charge in [-0.2, -0.15) is 13.2 Å². The summed E-state index contributed by atoms with van der Waals surface area (Å²) < 4.78 is 36.7. The van der Waals surface area contributed by atoms with Gasteiger partial charge in [-0.15, -0.1) is 0 Å². The van der Waals surface area contributed by atoms with E-state index >= 15 is 0 Å². The average molecular weight is 556 g/mol. The Labute approximate surface area is 228 Å². The standard InChI is InChI=1S/C27H27N3O3.C2HF3O2/c1-33-27(32)23(18-20-11-8-14-22(17-20)25(28)29)24(16-15-19-9-4-2-5-10-19)30-26(31)21-12-6-3-7-13-21;3-2(4,5)1(6)7/h2-17,23-24H,18H2,1H3,(H3,28,29)(H,30,31);(H,6,7)/b16-15+;/t23-,24+;/m0./s1. The van der Waals surface area contributed by atoms with Crippen LogP contribution in [-0.4, -0.2) is 43.0 Å². The second-order valence-corrected chi connectivity index (χ2v) is 8.41. The Morgan fingerprint density at radius 1 is 0.975 bits per heavy atom. The molecule has 0 bridgehead atoms. The van der Waals surface area contributed by atoms with E-state index in [1.54, 1.807) is 30.3 Å². The summed E-state index contributed by atoms with van der Waals surface area (Å²) in [7, 11) is 1.34. The summed E-state index contributed by atoms with van der Waals surface area (Å²) in [5.41, 5.74) is 8.73. The van der Waals surface area contributed by atoms with Crippen LogP contribution in [0.25, 0.3) is 6.08 Å². The van der Waals surface area contributed by atoms with Crippen LogP contribution in [0.2, 0.25) is 0 Å². The van der Waals surface area contributed by atoms with Crippen molar-refractivity contribution >= 4 is 29.8 Å². The Balaban J connectivity index is 0.000000708. The number of carboxylic acids is 1. The molecule has 3 rings (SSSR count). The maximum atomic E-state index is 12.9. The van der Waals surface area contributed by atoms with Gasteiger partial charge in [0.1, 0.15) is 5.97 Å². The molecule has 11 heteroatoms. The number of benzene rings is 3. The summed E-state index contributed by atoms with van der Waals surface area (Å²) >= 11 is 0. The van der Waals surface area contributed by atoms with Crippen molar-refractivity contribution < 1.29 is 42.8 Å². The lowest BCUT2D eigenvalue weighted by Crippen LogP contribution is -2.46. The number of aliphatic carboxylic acids is 1. The van der Waals surface area contributed by atoms with Gasteiger partial charge >= 0.3 is 12.1 Å². The van der Waals surface area contributed by atoms with Crippen molar-refractivity contribution in [2.45, 2.75) is 18.6 Å². The van der Waals surface area contributed by atoms with Crippen LogP contribution < -0.4 is 21.6 Å². The van der Waals surface area contributed by atoms with Gasteiger partial charge in [-0.1, -0.05) is 72.8 Å². The van der Waals surface area contributed by atoms with Crippen LogP contribution in [0.4, 0.5) is 13.2 Å². The predicted octanol–water partition coefficient (Wildman–Crippen LogP) is 1.29. The lowest BCUT2D eigenvalue weighted by molar-refractivity contribution is -0.344. The number of rotatable bonds is 9. The molecular formula is C29H28F3N3O5. The van der Waals surface area contributed by atoms with E-state index in [1.807, 2.05) is 66.7 Å². The molecule has 0 radical (unpaired) electrons. The van der Waals surface area contributed by atoms with Crippen LogP contribution in [0, 0.1) is 5.92 Å². The van der Waals surface area contributed by atoms with E-state index in [4.69, 9.17) is 25.8 Å². The van der Waals surface area contributed by atoms with Crippen molar-refractivity contribution in [2.24, 2.45) is 11.7 Å². The van der Waals surface area contributed by atoms with Crippen LogP contribution in [0.3, 0.4) is 0 Å². The quantitative estimate of drug-likeness (QED) is 0.206. The number of amides is 1.